The maximum absolute atomic E-state index is 6.92. The van der Waals surface area contributed by atoms with Crippen molar-refractivity contribution in [1.82, 2.24) is 0 Å². The summed E-state index contributed by atoms with van der Waals surface area (Å²) in [5.41, 5.74) is 5.19. The van der Waals surface area contributed by atoms with E-state index in [1.54, 1.807) is 22.7 Å². The van der Waals surface area contributed by atoms with Gasteiger partial charge in [-0.3, -0.25) is 0 Å². The highest BCUT2D eigenvalue weighted by atomic mass is 35.5. The van der Waals surface area contributed by atoms with E-state index >= 15 is 0 Å². The van der Waals surface area contributed by atoms with Gasteiger partial charge < -0.3 is 0 Å². The van der Waals surface area contributed by atoms with E-state index in [0.717, 1.165) is 22.9 Å². The first-order valence-electron chi connectivity index (χ1n) is 9.93. The summed E-state index contributed by atoms with van der Waals surface area (Å²) in [5, 5.41) is 4.19. The highest BCUT2D eigenvalue weighted by Gasteiger charge is 2.24. The molecule has 30 heavy (non-hydrogen) atoms. The Bertz CT molecular complexity index is 1260. The molecule has 0 aliphatic carbocycles. The number of hydrogen-bond donors (Lipinski definition) is 0. The molecule has 3 aromatic carbocycles. The van der Waals surface area contributed by atoms with Gasteiger partial charge in [-0.1, -0.05) is 83.9 Å². The van der Waals surface area contributed by atoms with Crippen LogP contribution in [0.4, 0.5) is 0 Å². The predicted molar refractivity (Wildman–Crippen MR) is 135 cm³/mol. The molecule has 5 rings (SSSR count). The molecule has 0 N–H and O–H groups in total. The van der Waals surface area contributed by atoms with Crippen LogP contribution in [0.3, 0.4) is 0 Å². The fourth-order valence-electron chi connectivity index (χ4n) is 4.18. The van der Waals surface area contributed by atoms with E-state index in [9.17, 15) is 0 Å². The second kappa shape index (κ2) is 8.01. The van der Waals surface area contributed by atoms with Gasteiger partial charge in [-0.25, -0.2) is 0 Å². The van der Waals surface area contributed by atoms with Gasteiger partial charge in [-0.05, 0) is 48.9 Å². The summed E-state index contributed by atoms with van der Waals surface area (Å²) in [5.74, 6) is 0. The predicted octanol–water partition coefficient (Wildman–Crippen LogP) is 9.22. The van der Waals surface area contributed by atoms with Crippen LogP contribution in [-0.2, 0) is 12.8 Å². The molecule has 0 unspecified atom stereocenters. The van der Waals surface area contributed by atoms with Crippen LogP contribution in [0.2, 0.25) is 10.0 Å². The van der Waals surface area contributed by atoms with Crippen molar-refractivity contribution in [2.24, 2.45) is 0 Å². The van der Waals surface area contributed by atoms with Gasteiger partial charge in [-0.2, -0.15) is 0 Å². The first-order valence-corrected chi connectivity index (χ1v) is 12.3. The Morgan fingerprint density at radius 3 is 1.33 bits per heavy atom. The Kier molecular flexibility index (Phi) is 5.37. The Labute approximate surface area is 194 Å². The molecule has 0 amide bonds. The number of hydrogen-bond acceptors (Lipinski definition) is 2. The quantitative estimate of drug-likeness (QED) is 0.247. The molecular formula is C26H20Cl2S2. The van der Waals surface area contributed by atoms with Crippen LogP contribution in [0, 0.1) is 13.8 Å². The number of fused-ring (bicyclic) bond motifs is 2. The van der Waals surface area contributed by atoms with Gasteiger partial charge in [0.1, 0.15) is 0 Å². The molecule has 0 fully saturated rings. The number of rotatable bonds is 4. The Hall–Kier alpha value is -1.84. The first kappa shape index (κ1) is 20.1. The third-order valence-corrected chi connectivity index (χ3v) is 9.12. The second-order valence-corrected chi connectivity index (χ2v) is 10.8. The van der Waals surface area contributed by atoms with Gasteiger partial charge in [0.15, 0.2) is 0 Å². The molecule has 0 radical (unpaired) electrons. The fraction of sp³-hybridized carbons (Fsp3) is 0.154. The molecular weight excluding hydrogens is 447 g/mol. The fourth-order valence-corrected chi connectivity index (χ4v) is 7.18. The highest BCUT2D eigenvalue weighted by Crippen LogP contribution is 2.49. The van der Waals surface area contributed by atoms with Crippen molar-refractivity contribution < 1.29 is 0 Å². The molecule has 2 heterocycles. The lowest BCUT2D eigenvalue weighted by atomic mass is 9.94. The summed E-state index contributed by atoms with van der Waals surface area (Å²) < 4.78 is 2.55. The van der Waals surface area contributed by atoms with E-state index in [4.69, 9.17) is 23.2 Å². The smallest absolute Gasteiger partial charge is 0.0624 e. The molecule has 0 aliphatic rings. The minimum Gasteiger partial charge on any atom is -0.139 e. The van der Waals surface area contributed by atoms with Gasteiger partial charge in [-0.15, -0.1) is 22.7 Å². The number of halogens is 2. The molecule has 0 atom stereocenters. The van der Waals surface area contributed by atoms with Crippen LogP contribution in [0.1, 0.15) is 32.0 Å². The molecule has 0 saturated heterocycles. The zero-order valence-electron chi connectivity index (χ0n) is 16.8. The van der Waals surface area contributed by atoms with Crippen LogP contribution < -0.4 is 0 Å². The summed E-state index contributed by atoms with van der Waals surface area (Å²) in [4.78, 5) is 2.33. The lowest BCUT2D eigenvalue weighted by molar-refractivity contribution is 1.22. The summed E-state index contributed by atoms with van der Waals surface area (Å²) in [6, 6.07) is 21.3. The van der Waals surface area contributed by atoms with Crippen LogP contribution >= 0.6 is 45.9 Å². The molecule has 2 aromatic heterocycles. The maximum atomic E-state index is 6.92. The van der Waals surface area contributed by atoms with Crippen molar-refractivity contribution in [3.05, 3.63) is 103 Å². The van der Waals surface area contributed by atoms with Crippen molar-refractivity contribution in [1.29, 1.82) is 0 Å². The standard InChI is InChI=1S/C26H20Cl2S2/c1-15-23(27)21-19(13-17-9-5-3-6-10-17)26-22(24(28)16(2)30-26)20(25(21)29-15)14-18-11-7-4-8-12-18/h3-12H,13-14H2,1-2H3. The van der Waals surface area contributed by atoms with Gasteiger partial charge in [0.2, 0.25) is 0 Å². The molecule has 0 bridgehead atoms. The Balaban J connectivity index is 1.86. The minimum atomic E-state index is 0.853. The van der Waals surface area contributed by atoms with E-state index in [-0.39, 0.29) is 0 Å². The summed E-state index contributed by atoms with van der Waals surface area (Å²) >= 11 is 17.4. The topological polar surface area (TPSA) is 0 Å². The van der Waals surface area contributed by atoms with Crippen LogP contribution in [-0.4, -0.2) is 0 Å². The SMILES string of the molecule is Cc1sc2c(Cc3ccccc3)c3c(Cl)c(C)sc3c(Cc3ccccc3)c2c1Cl. The van der Waals surface area contributed by atoms with Gasteiger partial charge in [0, 0.05) is 29.9 Å². The molecule has 0 spiro atoms. The van der Waals surface area contributed by atoms with Crippen molar-refractivity contribution in [2.45, 2.75) is 26.7 Å². The zero-order valence-corrected chi connectivity index (χ0v) is 19.9. The van der Waals surface area contributed by atoms with E-state index in [1.165, 1.54) is 52.2 Å². The van der Waals surface area contributed by atoms with Crippen LogP contribution in [0.15, 0.2) is 60.7 Å². The Morgan fingerprint density at radius 1 is 0.600 bits per heavy atom. The first-order chi connectivity index (χ1) is 14.5. The third-order valence-electron chi connectivity index (χ3n) is 5.62. The van der Waals surface area contributed by atoms with E-state index in [0.29, 0.717) is 0 Å². The van der Waals surface area contributed by atoms with Crippen molar-refractivity contribution in [3.63, 3.8) is 0 Å². The number of thiophene rings is 2. The second-order valence-electron chi connectivity index (χ2n) is 7.63. The molecule has 0 nitrogen and oxygen atoms in total. The number of benzene rings is 3. The van der Waals surface area contributed by atoms with Crippen molar-refractivity contribution in [3.8, 4) is 0 Å². The molecule has 5 aromatic rings. The average molecular weight is 467 g/mol. The summed E-state index contributed by atoms with van der Waals surface area (Å²) in [6.07, 6.45) is 1.71. The van der Waals surface area contributed by atoms with Crippen molar-refractivity contribution in [2.75, 3.05) is 0 Å². The van der Waals surface area contributed by atoms with E-state index < -0.39 is 0 Å². The molecule has 4 heteroatoms. The number of aryl methyl sites for hydroxylation is 2. The van der Waals surface area contributed by atoms with E-state index in [2.05, 4.69) is 74.5 Å². The minimum absolute atomic E-state index is 0.853. The molecule has 0 aliphatic heterocycles. The van der Waals surface area contributed by atoms with Gasteiger partial charge >= 0.3 is 0 Å². The molecule has 0 saturated carbocycles. The highest BCUT2D eigenvalue weighted by molar-refractivity contribution is 7.22. The third kappa shape index (κ3) is 3.36. The normalized spacial score (nSPS) is 11.6. The van der Waals surface area contributed by atoms with Gasteiger partial charge in [0.25, 0.3) is 0 Å². The van der Waals surface area contributed by atoms with E-state index in [1.807, 2.05) is 0 Å². The van der Waals surface area contributed by atoms with Crippen molar-refractivity contribution >= 4 is 66.0 Å². The summed E-state index contributed by atoms with van der Waals surface area (Å²) in [7, 11) is 0. The van der Waals surface area contributed by atoms with Gasteiger partial charge in [0.05, 0.1) is 10.0 Å². The largest absolute Gasteiger partial charge is 0.139 e. The maximum Gasteiger partial charge on any atom is 0.0624 e. The van der Waals surface area contributed by atoms with Crippen LogP contribution in [0.25, 0.3) is 20.2 Å². The Morgan fingerprint density at radius 2 is 0.967 bits per heavy atom. The van der Waals surface area contributed by atoms with Crippen LogP contribution in [0.5, 0.6) is 0 Å². The summed E-state index contributed by atoms with van der Waals surface area (Å²) in [6.45, 7) is 4.24. The molecule has 150 valence electrons. The average Bonchev–Trinajstić information content (AvgIpc) is 3.22. The monoisotopic (exact) mass is 466 g/mol. The lowest BCUT2D eigenvalue weighted by Gasteiger charge is -2.13. The zero-order chi connectivity index (χ0) is 20.8. The lowest BCUT2D eigenvalue weighted by Crippen LogP contribution is -1.95.